The minimum atomic E-state index is 0.294. The molecule has 0 fully saturated rings. The molecule has 0 nitrogen and oxygen atoms in total. The molecule has 1 aliphatic rings. The van der Waals surface area contributed by atoms with E-state index in [0.717, 1.165) is 0 Å². The Kier molecular flexibility index (Phi) is 3.18. The van der Waals surface area contributed by atoms with Crippen molar-refractivity contribution in [3.05, 3.63) is 21.8 Å². The number of allylic oxidation sites excluding steroid dienone is 3. The summed E-state index contributed by atoms with van der Waals surface area (Å²) in [6, 6.07) is 0. The normalized spacial score (nSPS) is 16.8. The first-order valence-corrected chi connectivity index (χ1v) is 5.73. The van der Waals surface area contributed by atoms with Gasteiger partial charge in [-0.3, -0.25) is 0 Å². The topological polar surface area (TPSA) is 0 Å². The van der Waals surface area contributed by atoms with Crippen LogP contribution in [-0.4, -0.2) is 4.01 Å². The molecule has 0 atom stereocenters. The molecule has 0 N–H and O–H groups in total. The maximum atomic E-state index is 2.32. The summed E-state index contributed by atoms with van der Waals surface area (Å²) in [6.45, 7) is 2.22. The molecular formula is C8H11I. The zero-order chi connectivity index (χ0) is 6.53. The molecule has 1 heterocycles. The van der Waals surface area contributed by atoms with Gasteiger partial charge in [-0.15, -0.1) is 0 Å². The van der Waals surface area contributed by atoms with Crippen LogP contribution in [0, 0.1) is 0 Å². The number of rotatable bonds is 2. The Balaban J connectivity index is 2.51. The summed E-state index contributed by atoms with van der Waals surface area (Å²) in [7, 11) is 0. The standard InChI is InChI=1S/C8H11I/c1-2-3-8-4-6-9-7-5-8/h4-7H,2-3H2,1H3. The Morgan fingerprint density at radius 2 is 2.44 bits per heavy atom. The molecule has 0 unspecified atom stereocenters. The summed E-state index contributed by atoms with van der Waals surface area (Å²) in [5, 5.41) is 0. The lowest BCUT2D eigenvalue weighted by atomic mass is 10.1. The van der Waals surface area contributed by atoms with Crippen molar-refractivity contribution in [2.75, 3.05) is 0 Å². The largest absolute Gasteiger partial charge is 0.0937 e. The lowest BCUT2D eigenvalue weighted by molar-refractivity contribution is 0.928. The van der Waals surface area contributed by atoms with Crippen molar-refractivity contribution in [1.29, 1.82) is 0 Å². The van der Waals surface area contributed by atoms with E-state index in [9.17, 15) is 0 Å². The first-order chi connectivity index (χ1) is 4.43. The van der Waals surface area contributed by atoms with E-state index in [4.69, 9.17) is 0 Å². The summed E-state index contributed by atoms with van der Waals surface area (Å²) in [5.74, 6) is 0. The van der Waals surface area contributed by atoms with Crippen LogP contribution in [0.1, 0.15) is 19.8 Å². The summed E-state index contributed by atoms with van der Waals surface area (Å²) in [6.07, 6.45) is 7.06. The van der Waals surface area contributed by atoms with Crippen molar-refractivity contribution in [2.45, 2.75) is 19.8 Å². The van der Waals surface area contributed by atoms with Crippen molar-refractivity contribution in [3.8, 4) is 0 Å². The number of hydrogen-bond donors (Lipinski definition) is 0. The molecule has 50 valence electrons. The van der Waals surface area contributed by atoms with Gasteiger partial charge in [0.25, 0.3) is 0 Å². The van der Waals surface area contributed by atoms with Gasteiger partial charge >= 0.3 is 0 Å². The average Bonchev–Trinajstić information content (AvgIpc) is 1.91. The van der Waals surface area contributed by atoms with Gasteiger partial charge < -0.3 is 0 Å². The predicted octanol–water partition coefficient (Wildman–Crippen LogP) is 3.01. The second-order valence-electron chi connectivity index (χ2n) is 2.04. The first kappa shape index (κ1) is 7.19. The minimum absolute atomic E-state index is 0.294. The highest BCUT2D eigenvalue weighted by Crippen LogP contribution is 2.13. The van der Waals surface area contributed by atoms with Gasteiger partial charge in [0.2, 0.25) is 0 Å². The van der Waals surface area contributed by atoms with Gasteiger partial charge in [-0.1, -0.05) is 46.2 Å². The molecule has 0 bridgehead atoms. The fourth-order valence-electron chi connectivity index (χ4n) is 0.787. The molecular weight excluding hydrogens is 223 g/mol. The summed E-state index contributed by atoms with van der Waals surface area (Å²) in [5.41, 5.74) is 1.50. The van der Waals surface area contributed by atoms with Gasteiger partial charge in [0.15, 0.2) is 0 Å². The van der Waals surface area contributed by atoms with Gasteiger partial charge in [-0.2, -0.15) is 0 Å². The van der Waals surface area contributed by atoms with Crippen molar-refractivity contribution in [1.82, 2.24) is 0 Å². The summed E-state index contributed by atoms with van der Waals surface area (Å²) >= 11 is 0.294. The zero-order valence-corrected chi connectivity index (χ0v) is 7.76. The smallest absolute Gasteiger partial charge is 0.0281 e. The molecule has 0 saturated heterocycles. The molecule has 9 heavy (non-hydrogen) atoms. The van der Waals surface area contributed by atoms with Gasteiger partial charge in [-0.05, 0) is 20.1 Å². The van der Waals surface area contributed by atoms with Crippen LogP contribution in [0.15, 0.2) is 21.8 Å². The molecule has 0 aromatic rings. The Morgan fingerprint density at radius 1 is 1.56 bits per heavy atom. The number of hydrogen-bond acceptors (Lipinski definition) is 0. The van der Waals surface area contributed by atoms with Crippen LogP contribution in [0.3, 0.4) is 0 Å². The SMILES string of the molecule is CCCC1=CC=IC=C1. The van der Waals surface area contributed by atoms with Crippen molar-refractivity contribution in [2.24, 2.45) is 0 Å². The minimum Gasteiger partial charge on any atom is -0.0937 e. The van der Waals surface area contributed by atoms with E-state index in [-0.39, 0.29) is 0 Å². The maximum Gasteiger partial charge on any atom is -0.0281 e. The lowest BCUT2D eigenvalue weighted by Gasteiger charge is -1.98. The van der Waals surface area contributed by atoms with Crippen LogP contribution in [0.5, 0.6) is 0 Å². The van der Waals surface area contributed by atoms with Crippen LogP contribution in [0.4, 0.5) is 0 Å². The fourth-order valence-corrected chi connectivity index (χ4v) is 2.37. The van der Waals surface area contributed by atoms with Gasteiger partial charge in [0.1, 0.15) is 0 Å². The third kappa shape index (κ3) is 2.43. The first-order valence-electron chi connectivity index (χ1n) is 3.24. The van der Waals surface area contributed by atoms with Gasteiger partial charge in [0.05, 0.1) is 0 Å². The Labute approximate surface area is 66.4 Å². The zero-order valence-electron chi connectivity index (χ0n) is 5.60. The van der Waals surface area contributed by atoms with Crippen LogP contribution < -0.4 is 0 Å². The third-order valence-electron chi connectivity index (χ3n) is 1.24. The molecule has 1 rings (SSSR count). The molecule has 0 amide bonds. The van der Waals surface area contributed by atoms with Crippen LogP contribution in [-0.2, 0) is 0 Å². The predicted molar refractivity (Wildman–Crippen MR) is 52.2 cm³/mol. The molecule has 0 saturated carbocycles. The molecule has 0 aliphatic carbocycles. The molecule has 0 aromatic heterocycles. The van der Waals surface area contributed by atoms with Crippen LogP contribution in [0.25, 0.3) is 0 Å². The molecule has 0 aromatic carbocycles. The van der Waals surface area contributed by atoms with E-state index in [0.29, 0.717) is 20.7 Å². The third-order valence-corrected chi connectivity index (χ3v) is 2.79. The Bertz CT molecular complexity index is 163. The van der Waals surface area contributed by atoms with Crippen LogP contribution in [0.2, 0.25) is 0 Å². The molecule has 1 aliphatic heterocycles. The van der Waals surface area contributed by atoms with E-state index in [2.05, 4.69) is 27.2 Å². The van der Waals surface area contributed by atoms with E-state index in [1.54, 1.807) is 0 Å². The van der Waals surface area contributed by atoms with Gasteiger partial charge in [-0.25, -0.2) is 0 Å². The Morgan fingerprint density at radius 3 is 3.00 bits per heavy atom. The monoisotopic (exact) mass is 234 g/mol. The van der Waals surface area contributed by atoms with E-state index >= 15 is 0 Å². The molecule has 0 radical (unpaired) electrons. The van der Waals surface area contributed by atoms with Crippen molar-refractivity contribution < 1.29 is 0 Å². The highest BCUT2D eigenvalue weighted by Gasteiger charge is 1.89. The quantitative estimate of drug-likeness (QED) is 0.644. The van der Waals surface area contributed by atoms with Gasteiger partial charge in [0, 0.05) is 0 Å². The average molecular weight is 234 g/mol. The lowest BCUT2D eigenvalue weighted by Crippen LogP contribution is -1.79. The van der Waals surface area contributed by atoms with E-state index < -0.39 is 0 Å². The van der Waals surface area contributed by atoms with Crippen molar-refractivity contribution in [3.63, 3.8) is 0 Å². The summed E-state index contributed by atoms with van der Waals surface area (Å²) < 4.78 is 4.65. The highest BCUT2D eigenvalue weighted by molar-refractivity contribution is 14.2. The fraction of sp³-hybridized carbons (Fsp3) is 0.375. The molecule has 1 heteroatoms. The summed E-state index contributed by atoms with van der Waals surface area (Å²) in [4.78, 5) is 0. The van der Waals surface area contributed by atoms with Crippen molar-refractivity contribution >= 4 is 24.7 Å². The van der Waals surface area contributed by atoms with E-state index in [1.165, 1.54) is 18.4 Å². The highest BCUT2D eigenvalue weighted by atomic mass is 127. The van der Waals surface area contributed by atoms with E-state index in [1.807, 2.05) is 0 Å². The number of halogens is 1. The maximum absolute atomic E-state index is 2.32. The second-order valence-corrected chi connectivity index (χ2v) is 4.19. The Hall–Kier alpha value is 0.0800. The molecule has 0 spiro atoms. The second kappa shape index (κ2) is 3.99. The van der Waals surface area contributed by atoms with Crippen LogP contribution >= 0.6 is 20.7 Å².